The summed E-state index contributed by atoms with van der Waals surface area (Å²) in [6.07, 6.45) is 0. The molecule has 6 heteroatoms. The van der Waals surface area contributed by atoms with Crippen LogP contribution in [0.25, 0.3) is 15.9 Å². The standard InChI is InChI=1S/C20H15FN2O2S/c1-13-5-7-16(8-6-13)23-19(24)18-17(9-10-26-18)22(20(23)25)12-14-3-2-4-15(21)11-14/h2-11H,12H2,1H3. The predicted molar refractivity (Wildman–Crippen MR) is 102 cm³/mol. The summed E-state index contributed by atoms with van der Waals surface area (Å²) < 4.78 is 16.7. The lowest BCUT2D eigenvalue weighted by Gasteiger charge is -2.12. The molecular formula is C20H15FN2O2S. The predicted octanol–water partition coefficient (Wildman–Crippen LogP) is 3.71. The van der Waals surface area contributed by atoms with E-state index >= 15 is 0 Å². The maximum atomic E-state index is 13.5. The molecule has 4 aromatic rings. The molecule has 0 atom stereocenters. The lowest BCUT2D eigenvalue weighted by molar-refractivity contribution is 0.622. The molecule has 130 valence electrons. The van der Waals surface area contributed by atoms with Gasteiger partial charge in [0.15, 0.2) is 0 Å². The summed E-state index contributed by atoms with van der Waals surface area (Å²) in [6.45, 7) is 2.13. The Morgan fingerprint density at radius 2 is 1.81 bits per heavy atom. The van der Waals surface area contributed by atoms with Crippen LogP contribution in [0.3, 0.4) is 0 Å². The van der Waals surface area contributed by atoms with Gasteiger partial charge < -0.3 is 0 Å². The molecule has 0 spiro atoms. The minimum Gasteiger partial charge on any atom is -0.288 e. The van der Waals surface area contributed by atoms with Gasteiger partial charge in [0.2, 0.25) is 0 Å². The molecule has 4 rings (SSSR count). The second-order valence-corrected chi connectivity index (χ2v) is 7.03. The number of hydrogen-bond acceptors (Lipinski definition) is 3. The number of fused-ring (bicyclic) bond motifs is 1. The molecule has 0 radical (unpaired) electrons. The molecule has 0 aliphatic rings. The SMILES string of the molecule is Cc1ccc(-n2c(=O)c3sccc3n(Cc3cccc(F)c3)c2=O)cc1. The first-order valence-electron chi connectivity index (χ1n) is 8.09. The number of aromatic nitrogens is 2. The summed E-state index contributed by atoms with van der Waals surface area (Å²) in [6, 6.07) is 15.1. The second-order valence-electron chi connectivity index (χ2n) is 6.11. The van der Waals surface area contributed by atoms with E-state index in [0.29, 0.717) is 21.5 Å². The zero-order valence-corrected chi connectivity index (χ0v) is 14.8. The average molecular weight is 366 g/mol. The highest BCUT2D eigenvalue weighted by Crippen LogP contribution is 2.18. The van der Waals surface area contributed by atoms with Crippen molar-refractivity contribution in [2.45, 2.75) is 13.5 Å². The number of nitrogens with zero attached hydrogens (tertiary/aromatic N) is 2. The van der Waals surface area contributed by atoms with E-state index in [1.807, 2.05) is 19.1 Å². The third kappa shape index (κ3) is 2.78. The number of hydrogen-bond donors (Lipinski definition) is 0. The lowest BCUT2D eigenvalue weighted by Crippen LogP contribution is -2.38. The van der Waals surface area contributed by atoms with Crippen LogP contribution in [0.4, 0.5) is 4.39 Å². The number of benzene rings is 2. The van der Waals surface area contributed by atoms with Crippen molar-refractivity contribution in [2.75, 3.05) is 0 Å². The Morgan fingerprint density at radius 3 is 2.54 bits per heavy atom. The molecule has 2 aromatic carbocycles. The summed E-state index contributed by atoms with van der Waals surface area (Å²) in [5.74, 6) is -0.357. The molecule has 2 heterocycles. The largest absolute Gasteiger partial charge is 0.336 e. The van der Waals surface area contributed by atoms with Crippen molar-refractivity contribution in [2.24, 2.45) is 0 Å². The van der Waals surface area contributed by atoms with Gasteiger partial charge in [0, 0.05) is 0 Å². The van der Waals surface area contributed by atoms with Crippen LogP contribution in [0.1, 0.15) is 11.1 Å². The van der Waals surface area contributed by atoms with E-state index in [1.54, 1.807) is 35.7 Å². The van der Waals surface area contributed by atoms with Gasteiger partial charge >= 0.3 is 5.69 Å². The van der Waals surface area contributed by atoms with Gasteiger partial charge in [-0.25, -0.2) is 13.8 Å². The van der Waals surface area contributed by atoms with Crippen LogP contribution in [0, 0.1) is 12.7 Å². The summed E-state index contributed by atoms with van der Waals surface area (Å²) in [5.41, 5.74) is 2.02. The molecule has 0 unspecified atom stereocenters. The number of rotatable bonds is 3. The zero-order chi connectivity index (χ0) is 18.3. The summed E-state index contributed by atoms with van der Waals surface area (Å²) in [7, 11) is 0. The van der Waals surface area contributed by atoms with Gasteiger partial charge in [-0.1, -0.05) is 29.8 Å². The van der Waals surface area contributed by atoms with Crippen molar-refractivity contribution in [3.63, 3.8) is 0 Å². The Morgan fingerprint density at radius 1 is 1.04 bits per heavy atom. The van der Waals surface area contributed by atoms with Gasteiger partial charge in [-0.05, 0) is 48.2 Å². The van der Waals surface area contributed by atoms with E-state index in [2.05, 4.69) is 0 Å². The van der Waals surface area contributed by atoms with E-state index in [4.69, 9.17) is 0 Å². The molecule has 0 bridgehead atoms. The highest BCUT2D eigenvalue weighted by atomic mass is 32.1. The molecule has 4 nitrogen and oxygen atoms in total. The van der Waals surface area contributed by atoms with Crippen molar-refractivity contribution in [1.82, 2.24) is 9.13 Å². The third-order valence-corrected chi connectivity index (χ3v) is 5.17. The molecule has 0 fully saturated rings. The zero-order valence-electron chi connectivity index (χ0n) is 14.0. The van der Waals surface area contributed by atoms with Crippen LogP contribution < -0.4 is 11.2 Å². The van der Waals surface area contributed by atoms with Crippen LogP contribution in [0.15, 0.2) is 69.6 Å². The molecule has 0 aliphatic carbocycles. The topological polar surface area (TPSA) is 44.0 Å². The molecule has 0 amide bonds. The average Bonchev–Trinajstić information content (AvgIpc) is 3.10. The highest BCUT2D eigenvalue weighted by Gasteiger charge is 2.16. The summed E-state index contributed by atoms with van der Waals surface area (Å²) in [5, 5.41) is 1.78. The Bertz CT molecular complexity index is 1220. The van der Waals surface area contributed by atoms with Crippen LogP contribution in [-0.2, 0) is 6.54 Å². The third-order valence-electron chi connectivity index (χ3n) is 4.28. The summed E-state index contributed by atoms with van der Waals surface area (Å²) >= 11 is 1.30. The molecule has 0 aliphatic heterocycles. The number of aryl methyl sites for hydroxylation is 1. The lowest BCUT2D eigenvalue weighted by atomic mass is 10.2. The first-order valence-corrected chi connectivity index (χ1v) is 8.97. The molecule has 0 N–H and O–H groups in total. The van der Waals surface area contributed by atoms with Gasteiger partial charge in [-0.2, -0.15) is 0 Å². The molecule has 2 aromatic heterocycles. The molecule has 26 heavy (non-hydrogen) atoms. The van der Waals surface area contributed by atoms with Crippen molar-refractivity contribution < 1.29 is 4.39 Å². The smallest absolute Gasteiger partial charge is 0.288 e. The van der Waals surface area contributed by atoms with E-state index in [9.17, 15) is 14.0 Å². The first-order chi connectivity index (χ1) is 12.5. The van der Waals surface area contributed by atoms with E-state index < -0.39 is 5.69 Å². The van der Waals surface area contributed by atoms with Gasteiger partial charge in [0.05, 0.1) is 17.7 Å². The highest BCUT2D eigenvalue weighted by molar-refractivity contribution is 7.17. The fraction of sp³-hybridized carbons (Fsp3) is 0.100. The molecule has 0 saturated carbocycles. The molecular weight excluding hydrogens is 351 g/mol. The quantitative estimate of drug-likeness (QED) is 0.555. The van der Waals surface area contributed by atoms with Gasteiger partial charge in [0.1, 0.15) is 10.5 Å². The van der Waals surface area contributed by atoms with E-state index in [-0.39, 0.29) is 17.9 Å². The minimum atomic E-state index is -0.436. The van der Waals surface area contributed by atoms with E-state index in [0.717, 1.165) is 5.56 Å². The Labute approximate surface area is 152 Å². The van der Waals surface area contributed by atoms with Gasteiger partial charge in [-0.3, -0.25) is 9.36 Å². The molecule has 0 saturated heterocycles. The fourth-order valence-electron chi connectivity index (χ4n) is 2.98. The fourth-order valence-corrected chi connectivity index (χ4v) is 3.80. The van der Waals surface area contributed by atoms with Gasteiger partial charge in [0.25, 0.3) is 5.56 Å². The monoisotopic (exact) mass is 366 g/mol. The summed E-state index contributed by atoms with van der Waals surface area (Å²) in [4.78, 5) is 26.0. The maximum Gasteiger partial charge on any atom is 0.336 e. The van der Waals surface area contributed by atoms with Crippen molar-refractivity contribution in [3.8, 4) is 5.69 Å². The van der Waals surface area contributed by atoms with Gasteiger partial charge in [-0.15, -0.1) is 11.3 Å². The Kier molecular flexibility index (Phi) is 4.05. The van der Waals surface area contributed by atoms with Crippen LogP contribution >= 0.6 is 11.3 Å². The maximum absolute atomic E-state index is 13.5. The van der Waals surface area contributed by atoms with Crippen LogP contribution in [0.5, 0.6) is 0 Å². The number of thiophene rings is 1. The van der Waals surface area contributed by atoms with Crippen molar-refractivity contribution in [3.05, 3.63) is 97.8 Å². The van der Waals surface area contributed by atoms with Crippen molar-refractivity contribution in [1.29, 1.82) is 0 Å². The first kappa shape index (κ1) is 16.5. The Hall–Kier alpha value is -2.99. The second kappa shape index (κ2) is 6.38. The van der Waals surface area contributed by atoms with Crippen molar-refractivity contribution >= 4 is 21.6 Å². The van der Waals surface area contributed by atoms with Crippen LogP contribution in [-0.4, -0.2) is 9.13 Å². The minimum absolute atomic E-state index is 0.190. The van der Waals surface area contributed by atoms with E-state index in [1.165, 1.54) is 32.6 Å². The van der Waals surface area contributed by atoms with Crippen LogP contribution in [0.2, 0.25) is 0 Å². The number of halogens is 1. The normalized spacial score (nSPS) is 11.2. The Balaban J connectivity index is 1.98.